The molecular weight excluding hydrogens is 252 g/mol. The maximum Gasteiger partial charge on any atom is 0.229 e. The Balaban J connectivity index is 1.80. The molecule has 104 valence electrons. The van der Waals surface area contributed by atoms with Crippen molar-refractivity contribution in [1.29, 1.82) is 5.26 Å². The Bertz CT molecular complexity index is 556. The molecule has 0 saturated heterocycles. The molecule has 1 aromatic carbocycles. The lowest BCUT2D eigenvalue weighted by molar-refractivity contribution is -0.124. The molecule has 1 unspecified atom stereocenters. The van der Waals surface area contributed by atoms with Crippen molar-refractivity contribution in [2.45, 2.75) is 43.6 Å². The van der Waals surface area contributed by atoms with E-state index < -0.39 is 5.54 Å². The Labute approximate surface area is 118 Å². The molecule has 4 nitrogen and oxygen atoms in total. The molecule has 1 fully saturated rings. The molecule has 3 rings (SSSR count). The van der Waals surface area contributed by atoms with Crippen molar-refractivity contribution in [2.24, 2.45) is 0 Å². The summed E-state index contributed by atoms with van der Waals surface area (Å²) in [7, 11) is 0. The number of rotatable bonds is 2. The topological polar surface area (TPSA) is 62.1 Å². The van der Waals surface area contributed by atoms with Gasteiger partial charge in [0.2, 0.25) is 5.91 Å². The first-order valence-corrected chi connectivity index (χ1v) is 7.19. The standard InChI is InChI=1S/C16H18N2O2/c17-11-16(8-3-4-9-16)18-15(19)13-7-10-20-14-6-2-1-5-12(13)14/h1-2,5-6,13H,3-4,7-10H2,(H,18,19). The zero-order valence-electron chi connectivity index (χ0n) is 11.4. The molecule has 1 saturated carbocycles. The average molecular weight is 270 g/mol. The molecule has 1 aliphatic heterocycles. The molecule has 1 aromatic rings. The van der Waals surface area contributed by atoms with Gasteiger partial charge in [-0.1, -0.05) is 18.2 Å². The number of hydrogen-bond acceptors (Lipinski definition) is 3. The molecule has 0 aromatic heterocycles. The van der Waals surface area contributed by atoms with Crippen molar-refractivity contribution >= 4 is 5.91 Å². The lowest BCUT2D eigenvalue weighted by Crippen LogP contribution is -2.47. The molecule has 0 spiro atoms. The summed E-state index contributed by atoms with van der Waals surface area (Å²) >= 11 is 0. The highest BCUT2D eigenvalue weighted by Crippen LogP contribution is 2.35. The number of nitriles is 1. The Morgan fingerprint density at radius 1 is 1.35 bits per heavy atom. The van der Waals surface area contributed by atoms with Gasteiger partial charge in [-0.15, -0.1) is 0 Å². The van der Waals surface area contributed by atoms with E-state index >= 15 is 0 Å². The van der Waals surface area contributed by atoms with E-state index in [0.29, 0.717) is 13.0 Å². The number of hydrogen-bond donors (Lipinski definition) is 1. The van der Waals surface area contributed by atoms with Gasteiger partial charge in [0.05, 0.1) is 18.6 Å². The summed E-state index contributed by atoms with van der Waals surface area (Å²) in [5, 5.41) is 12.4. The van der Waals surface area contributed by atoms with Gasteiger partial charge in [-0.05, 0) is 38.2 Å². The minimum atomic E-state index is -0.648. The van der Waals surface area contributed by atoms with Gasteiger partial charge < -0.3 is 10.1 Å². The van der Waals surface area contributed by atoms with Crippen LogP contribution in [0.1, 0.15) is 43.6 Å². The lowest BCUT2D eigenvalue weighted by Gasteiger charge is -2.29. The third-order valence-corrected chi connectivity index (χ3v) is 4.31. The number of amides is 1. The van der Waals surface area contributed by atoms with Crippen LogP contribution in [-0.4, -0.2) is 18.1 Å². The Morgan fingerprint density at radius 2 is 2.10 bits per heavy atom. The summed E-state index contributed by atoms with van der Waals surface area (Å²) in [5.74, 6) is 0.548. The van der Waals surface area contributed by atoms with Crippen LogP contribution in [0.3, 0.4) is 0 Å². The molecule has 1 atom stereocenters. The van der Waals surface area contributed by atoms with Gasteiger partial charge in [-0.2, -0.15) is 5.26 Å². The number of benzene rings is 1. The van der Waals surface area contributed by atoms with E-state index in [1.54, 1.807) is 0 Å². The molecule has 2 aliphatic rings. The zero-order valence-corrected chi connectivity index (χ0v) is 11.4. The van der Waals surface area contributed by atoms with E-state index in [0.717, 1.165) is 37.0 Å². The van der Waals surface area contributed by atoms with Crippen LogP contribution >= 0.6 is 0 Å². The van der Waals surface area contributed by atoms with E-state index in [9.17, 15) is 10.1 Å². The van der Waals surface area contributed by atoms with Gasteiger partial charge in [-0.3, -0.25) is 4.79 Å². The van der Waals surface area contributed by atoms with E-state index in [4.69, 9.17) is 4.74 Å². The summed E-state index contributed by atoms with van der Waals surface area (Å²) in [4.78, 5) is 12.6. The number of nitrogens with zero attached hydrogens (tertiary/aromatic N) is 1. The Kier molecular flexibility index (Phi) is 3.35. The minimum absolute atomic E-state index is 0.0378. The van der Waals surface area contributed by atoms with Crippen LogP contribution in [0.4, 0.5) is 0 Å². The summed E-state index contributed by atoms with van der Waals surface area (Å²) in [6.45, 7) is 0.550. The average Bonchev–Trinajstić information content (AvgIpc) is 2.95. The van der Waals surface area contributed by atoms with Crippen molar-refractivity contribution in [1.82, 2.24) is 5.32 Å². The number of carbonyl (C=O) groups is 1. The highest BCUT2D eigenvalue weighted by Gasteiger charge is 2.38. The van der Waals surface area contributed by atoms with Crippen molar-refractivity contribution in [3.8, 4) is 11.8 Å². The molecule has 20 heavy (non-hydrogen) atoms. The van der Waals surface area contributed by atoms with E-state index in [1.807, 2.05) is 24.3 Å². The normalized spacial score (nSPS) is 23.2. The highest BCUT2D eigenvalue weighted by molar-refractivity contribution is 5.85. The predicted molar refractivity (Wildman–Crippen MR) is 74.2 cm³/mol. The van der Waals surface area contributed by atoms with Crippen LogP contribution in [0.5, 0.6) is 5.75 Å². The van der Waals surface area contributed by atoms with Gasteiger partial charge in [0.1, 0.15) is 11.3 Å². The third kappa shape index (κ3) is 2.24. The highest BCUT2D eigenvalue weighted by atomic mass is 16.5. The van der Waals surface area contributed by atoms with Gasteiger partial charge in [0.25, 0.3) is 0 Å². The fraction of sp³-hybridized carbons (Fsp3) is 0.500. The van der Waals surface area contributed by atoms with Crippen molar-refractivity contribution < 1.29 is 9.53 Å². The summed E-state index contributed by atoms with van der Waals surface area (Å²) in [6, 6.07) is 9.97. The molecule has 1 N–H and O–H groups in total. The third-order valence-electron chi connectivity index (χ3n) is 4.31. The second-order valence-corrected chi connectivity index (χ2v) is 5.62. The number of para-hydroxylation sites is 1. The first-order chi connectivity index (χ1) is 9.74. The maximum atomic E-state index is 12.6. The molecule has 0 radical (unpaired) electrons. The summed E-state index contributed by atoms with van der Waals surface area (Å²) in [5.41, 5.74) is 0.284. The van der Waals surface area contributed by atoms with Gasteiger partial charge >= 0.3 is 0 Å². The van der Waals surface area contributed by atoms with Crippen molar-refractivity contribution in [3.63, 3.8) is 0 Å². The van der Waals surface area contributed by atoms with E-state index in [2.05, 4.69) is 11.4 Å². The monoisotopic (exact) mass is 270 g/mol. The second-order valence-electron chi connectivity index (χ2n) is 5.62. The zero-order chi connectivity index (χ0) is 14.0. The SMILES string of the molecule is N#CC1(NC(=O)C2CCOc3ccccc32)CCCC1. The van der Waals surface area contributed by atoms with Crippen LogP contribution < -0.4 is 10.1 Å². The Hall–Kier alpha value is -2.02. The first-order valence-electron chi connectivity index (χ1n) is 7.19. The second kappa shape index (κ2) is 5.16. The quantitative estimate of drug-likeness (QED) is 0.898. The summed E-state index contributed by atoms with van der Waals surface area (Å²) < 4.78 is 5.58. The Morgan fingerprint density at radius 3 is 2.85 bits per heavy atom. The van der Waals surface area contributed by atoms with Gasteiger partial charge in [0, 0.05) is 5.56 Å². The molecule has 1 heterocycles. The predicted octanol–water partition coefficient (Wildman–Crippen LogP) is 2.51. The molecule has 4 heteroatoms. The van der Waals surface area contributed by atoms with Crippen LogP contribution in [0.15, 0.2) is 24.3 Å². The number of nitrogens with one attached hydrogen (secondary N) is 1. The largest absolute Gasteiger partial charge is 0.493 e. The van der Waals surface area contributed by atoms with Crippen LogP contribution in [0.2, 0.25) is 0 Å². The first kappa shape index (κ1) is 13.0. The van der Waals surface area contributed by atoms with Crippen molar-refractivity contribution in [3.05, 3.63) is 29.8 Å². The van der Waals surface area contributed by atoms with Gasteiger partial charge in [0.15, 0.2) is 0 Å². The van der Waals surface area contributed by atoms with Crippen LogP contribution in [-0.2, 0) is 4.79 Å². The van der Waals surface area contributed by atoms with E-state index in [-0.39, 0.29) is 11.8 Å². The number of fused-ring (bicyclic) bond motifs is 1. The molecule has 0 bridgehead atoms. The molecule has 1 amide bonds. The maximum absolute atomic E-state index is 12.6. The summed E-state index contributed by atoms with van der Waals surface area (Å²) in [6.07, 6.45) is 4.22. The smallest absolute Gasteiger partial charge is 0.229 e. The van der Waals surface area contributed by atoms with Gasteiger partial charge in [-0.25, -0.2) is 0 Å². The fourth-order valence-corrected chi connectivity index (χ4v) is 3.18. The lowest BCUT2D eigenvalue weighted by atomic mass is 9.90. The van der Waals surface area contributed by atoms with Crippen LogP contribution in [0.25, 0.3) is 0 Å². The number of ether oxygens (including phenoxy) is 1. The van der Waals surface area contributed by atoms with E-state index in [1.165, 1.54) is 0 Å². The number of carbonyl (C=O) groups excluding carboxylic acids is 1. The molecule has 1 aliphatic carbocycles. The molecular formula is C16H18N2O2. The minimum Gasteiger partial charge on any atom is -0.493 e. The van der Waals surface area contributed by atoms with Crippen molar-refractivity contribution in [2.75, 3.05) is 6.61 Å². The van der Waals surface area contributed by atoms with Crippen LogP contribution in [0, 0.1) is 11.3 Å². The fourth-order valence-electron chi connectivity index (χ4n) is 3.18.